The van der Waals surface area contributed by atoms with Crippen LogP contribution in [-0.2, 0) is 91.0 Å². The minimum Gasteiger partial charge on any atom is -0.481 e. The molecule has 0 bridgehead atoms. The molecule has 0 radical (unpaired) electrons. The second-order valence-electron chi connectivity index (χ2n) is 22.5. The second-order valence-corrected chi connectivity index (χ2v) is 23.4. The van der Waals surface area contributed by atoms with Gasteiger partial charge >= 0.3 is 29.8 Å². The van der Waals surface area contributed by atoms with Crippen LogP contribution in [0, 0.1) is 5.92 Å². The summed E-state index contributed by atoms with van der Waals surface area (Å²) in [6.45, 7) is 2.58. The Morgan fingerprint density at radius 1 is 0.510 bits per heavy atom. The first-order valence-corrected chi connectivity index (χ1v) is 31.9. The highest BCUT2D eigenvalue weighted by Gasteiger charge is 2.38. The zero-order chi connectivity index (χ0) is 72.8. The molecule has 22 N–H and O–H groups in total. The van der Waals surface area contributed by atoms with Gasteiger partial charge in [0, 0.05) is 50.9 Å². The summed E-state index contributed by atoms with van der Waals surface area (Å²) < 4.78 is 5.47. The summed E-state index contributed by atoms with van der Waals surface area (Å²) in [6, 6.07) is -14.4. The Labute approximate surface area is 555 Å². The third kappa shape index (κ3) is 34.7. The van der Waals surface area contributed by atoms with Crippen molar-refractivity contribution in [1.82, 2.24) is 63.4 Å². The summed E-state index contributed by atoms with van der Waals surface area (Å²) >= 11 is 1.17. The Bertz CT molecular complexity index is 2760. The maximum atomic E-state index is 13.8. The average Bonchev–Trinajstić information content (AvgIpc) is 1.93. The Kier molecular flexibility index (Phi) is 39.8. The van der Waals surface area contributed by atoms with Gasteiger partial charge in [0.05, 0.1) is 25.7 Å². The van der Waals surface area contributed by atoms with Gasteiger partial charge < -0.3 is 111 Å². The first-order chi connectivity index (χ1) is 45.1. The fourth-order valence-corrected chi connectivity index (χ4v) is 9.58. The molecule has 0 aromatic rings. The van der Waals surface area contributed by atoms with Crippen molar-refractivity contribution in [2.75, 3.05) is 57.9 Å². The maximum absolute atomic E-state index is 13.8. The van der Waals surface area contributed by atoms with Gasteiger partial charge in [0.1, 0.15) is 61.0 Å². The number of rotatable bonds is 49. The Morgan fingerprint density at radius 2 is 0.938 bits per heavy atom. The van der Waals surface area contributed by atoms with Gasteiger partial charge in [-0.2, -0.15) is 11.8 Å². The van der Waals surface area contributed by atoms with Crippen LogP contribution in [0.2, 0.25) is 0 Å². The standard InChI is InChI=1S/C56H91N15O24S/c1-28(2)23-36(51(89)62-25-40(73)65-37(27-96-4)55(93)63-29(3)48(86)61-24-39(72)64-31(47(59)85)7-5-19-57)70-56(94)38-8-6-21-71(38)41(74)26-95-22-20-60-50(88)32(10-15-43(77)78)67-53(91)34(12-17-45(81)82)69-54(92)35(13-18-46(83)84)68-52(90)33(11-16-44(79)80)66-49(87)30(58)9-14-42(75)76/h28-38H,5-27,57-58H2,1-4H3,(H2,59,85)(H,60,88)(H,61,86)(H,62,89)(H,63,93)(H,64,72)(H,65,73)(H,66,87)(H,67,91)(H,68,90)(H,69,92)(H,70,94)(H,75,76)(H,77,78)(H,79,80)(H,81,82)(H,83,84)/t29-,30+,31+,32+,33+,34+,35+,36-,37-,38-/m0/s1. The SMILES string of the molecule is CSC[C@H](NC(=O)CNC(=O)[C@H](CC(C)C)NC(=O)[C@@H]1CCCN1C(=O)COCCNC(=O)[C@@H](CCC(=O)O)NC(=O)[C@@H](CCC(=O)O)NC(=O)[C@@H](CCC(=O)O)NC(=O)[C@@H](CCC(=O)O)NC(=O)[C@H](N)CCC(=O)O)C(=O)N[C@@H](C)C(=O)NCC(=O)N[C@H](CCCN)C(N)=O. The number of nitrogens with two attached hydrogens (primary N) is 3. The average molecular weight is 1390 g/mol. The topological polar surface area (TPSA) is 631 Å². The van der Waals surface area contributed by atoms with Gasteiger partial charge in [-0.05, 0) is 89.9 Å². The number of thioether (sulfide) groups is 1. The lowest BCUT2D eigenvalue weighted by atomic mass is 10.0. The molecule has 1 aliphatic rings. The molecular formula is C56H91N15O24S. The molecule has 1 fully saturated rings. The Hall–Kier alpha value is -9.31. The van der Waals surface area contributed by atoms with Crippen molar-refractivity contribution in [2.24, 2.45) is 23.1 Å². The predicted octanol–water partition coefficient (Wildman–Crippen LogP) is -7.47. The fraction of sp³-hybridized carbons (Fsp3) is 0.679. The van der Waals surface area contributed by atoms with Crippen molar-refractivity contribution in [2.45, 2.75) is 178 Å². The Morgan fingerprint density at radius 3 is 1.39 bits per heavy atom. The molecule has 0 saturated carbocycles. The van der Waals surface area contributed by atoms with E-state index in [1.165, 1.54) is 23.6 Å². The molecule has 96 heavy (non-hydrogen) atoms. The van der Waals surface area contributed by atoms with Crippen LogP contribution in [-0.4, -0.2) is 255 Å². The quantitative estimate of drug-likeness (QED) is 0.0252. The fourth-order valence-electron chi connectivity index (χ4n) is 9.01. The molecular weight excluding hydrogens is 1300 g/mol. The number of carbonyl (C=O) groups excluding carboxylic acids is 13. The number of aliphatic carboxylic acids is 5. The van der Waals surface area contributed by atoms with Crippen molar-refractivity contribution < 1.29 is 117 Å². The van der Waals surface area contributed by atoms with Crippen LogP contribution in [0.25, 0.3) is 0 Å². The number of nitrogens with zero attached hydrogens (tertiary/aromatic N) is 1. The van der Waals surface area contributed by atoms with Crippen molar-refractivity contribution in [3.63, 3.8) is 0 Å². The zero-order valence-electron chi connectivity index (χ0n) is 53.7. The van der Waals surface area contributed by atoms with Crippen LogP contribution in [0.5, 0.6) is 0 Å². The van der Waals surface area contributed by atoms with E-state index < -0.39 is 251 Å². The second kappa shape index (κ2) is 45.1. The highest BCUT2D eigenvalue weighted by Crippen LogP contribution is 2.19. The summed E-state index contributed by atoms with van der Waals surface area (Å²) in [5.74, 6) is -19.3. The van der Waals surface area contributed by atoms with E-state index in [2.05, 4.69) is 58.5 Å². The number of likely N-dealkylation sites (tertiary alicyclic amines) is 1. The van der Waals surface area contributed by atoms with Crippen molar-refractivity contribution in [3.05, 3.63) is 0 Å². The van der Waals surface area contributed by atoms with Gasteiger partial charge in [-0.25, -0.2) is 0 Å². The highest BCUT2D eigenvalue weighted by molar-refractivity contribution is 7.98. The summed E-state index contributed by atoms with van der Waals surface area (Å²) in [7, 11) is 0. The lowest BCUT2D eigenvalue weighted by Gasteiger charge is -2.27. The lowest BCUT2D eigenvalue weighted by molar-refractivity contribution is -0.142. The molecule has 40 heteroatoms. The molecule has 1 heterocycles. The smallest absolute Gasteiger partial charge is 0.303 e. The number of ether oxygens (including phenoxy) is 1. The number of hydrogen-bond acceptors (Lipinski definition) is 22. The monoisotopic (exact) mass is 1390 g/mol. The zero-order valence-corrected chi connectivity index (χ0v) is 54.5. The summed E-state index contributed by atoms with van der Waals surface area (Å²) in [4.78, 5) is 229. The molecule has 0 aromatic carbocycles. The van der Waals surface area contributed by atoms with Gasteiger partial charge in [-0.3, -0.25) is 86.3 Å². The minimum atomic E-state index is -1.88. The van der Waals surface area contributed by atoms with Gasteiger partial charge in [0.25, 0.3) is 0 Å². The van der Waals surface area contributed by atoms with E-state index in [1.807, 2.05) is 0 Å². The van der Waals surface area contributed by atoms with Gasteiger partial charge in [-0.1, -0.05) is 13.8 Å². The van der Waals surface area contributed by atoms with Gasteiger partial charge in [0.2, 0.25) is 76.8 Å². The molecule has 1 saturated heterocycles. The van der Waals surface area contributed by atoms with Crippen LogP contribution in [0.15, 0.2) is 0 Å². The van der Waals surface area contributed by atoms with E-state index in [4.69, 9.17) is 27.0 Å². The number of primary amides is 1. The number of carboxylic acid groups (broad SMARTS) is 5. The molecule has 0 spiro atoms. The first kappa shape index (κ1) is 84.7. The van der Waals surface area contributed by atoms with Crippen molar-refractivity contribution in [3.8, 4) is 0 Å². The molecule has 0 unspecified atom stereocenters. The molecule has 1 rings (SSSR count). The molecule has 0 aliphatic carbocycles. The Balaban J connectivity index is 3.05. The van der Waals surface area contributed by atoms with Crippen molar-refractivity contribution >= 4 is 118 Å². The van der Waals surface area contributed by atoms with Crippen LogP contribution in [0.3, 0.4) is 0 Å². The third-order valence-corrected chi connectivity index (χ3v) is 14.7. The normalized spacial score (nSPS) is 15.3. The summed E-state index contributed by atoms with van der Waals surface area (Å²) in [5, 5.41) is 72.4. The number of hydrogen-bond donors (Lipinski definition) is 19. The van der Waals surface area contributed by atoms with Crippen LogP contribution >= 0.6 is 11.8 Å². The molecule has 540 valence electrons. The molecule has 0 aromatic heterocycles. The van der Waals surface area contributed by atoms with E-state index in [9.17, 15) is 107 Å². The minimum absolute atomic E-state index is 0.0298. The highest BCUT2D eigenvalue weighted by atomic mass is 32.2. The number of nitrogens with one attached hydrogen (secondary N) is 11. The first-order valence-electron chi connectivity index (χ1n) is 30.5. The van der Waals surface area contributed by atoms with E-state index in [0.29, 0.717) is 12.8 Å². The summed E-state index contributed by atoms with van der Waals surface area (Å²) in [6.07, 6.45) is -3.83. The molecule has 39 nitrogen and oxygen atoms in total. The maximum Gasteiger partial charge on any atom is 0.303 e. The van der Waals surface area contributed by atoms with Gasteiger partial charge in [0.15, 0.2) is 0 Å². The number of carboxylic acids is 5. The van der Waals surface area contributed by atoms with E-state index in [1.54, 1.807) is 20.1 Å². The summed E-state index contributed by atoms with van der Waals surface area (Å²) in [5.41, 5.74) is 16.5. The number of carbonyl (C=O) groups is 18. The van der Waals surface area contributed by atoms with E-state index >= 15 is 0 Å². The van der Waals surface area contributed by atoms with Crippen LogP contribution in [0.4, 0.5) is 0 Å². The van der Waals surface area contributed by atoms with E-state index in [-0.39, 0.29) is 57.2 Å². The van der Waals surface area contributed by atoms with Crippen LogP contribution < -0.4 is 75.7 Å². The molecule has 10 atom stereocenters. The number of amides is 13. The molecule has 13 amide bonds. The van der Waals surface area contributed by atoms with E-state index in [0.717, 1.165) is 0 Å². The van der Waals surface area contributed by atoms with Gasteiger partial charge in [-0.15, -0.1) is 0 Å². The third-order valence-electron chi connectivity index (χ3n) is 14.1. The molecule has 1 aliphatic heterocycles. The van der Waals surface area contributed by atoms with Crippen molar-refractivity contribution in [1.29, 1.82) is 0 Å². The predicted molar refractivity (Wildman–Crippen MR) is 333 cm³/mol. The lowest BCUT2D eigenvalue weighted by Crippen LogP contribution is -2.59. The van der Waals surface area contributed by atoms with Crippen LogP contribution in [0.1, 0.15) is 117 Å². The largest absolute Gasteiger partial charge is 0.481 e.